The van der Waals surface area contributed by atoms with E-state index in [1.165, 1.54) is 25.7 Å². The fourth-order valence-corrected chi connectivity index (χ4v) is 5.39. The number of nitrogens with zero attached hydrogens (tertiary/aromatic N) is 1. The largest absolute Gasteiger partial charge is 0.544 e. The number of likely N-dealkylation sites (N-methyl/N-ethyl adjacent to an activating group) is 1. The number of esters is 2. The highest BCUT2D eigenvalue weighted by Crippen LogP contribution is 2.10. The number of carboxylic acids is 1. The maximum absolute atomic E-state index is 12.7. The molecule has 0 spiro atoms. The van der Waals surface area contributed by atoms with Gasteiger partial charge in [0.2, 0.25) is 0 Å². The minimum Gasteiger partial charge on any atom is -0.544 e. The van der Waals surface area contributed by atoms with Gasteiger partial charge in [-0.15, -0.1) is 0 Å². The Morgan fingerprint density at radius 2 is 1.05 bits per heavy atom. The minimum atomic E-state index is -1.15. The summed E-state index contributed by atoms with van der Waals surface area (Å²) < 4.78 is 17.0. The molecule has 0 aliphatic carbocycles. The average Bonchev–Trinajstić information content (AvgIpc) is 3.18. The van der Waals surface area contributed by atoms with Crippen LogP contribution in [0.25, 0.3) is 0 Å². The Morgan fingerprint density at radius 3 is 1.60 bits per heavy atom. The molecule has 0 aromatic carbocycles. The van der Waals surface area contributed by atoms with Crippen molar-refractivity contribution in [2.24, 2.45) is 0 Å². The van der Waals surface area contributed by atoms with E-state index in [-0.39, 0.29) is 49.5 Å². The number of carboxylic acid groups (broad SMARTS) is 1. The number of carbonyl (C=O) groups is 3. The summed E-state index contributed by atoms with van der Waals surface area (Å²) in [6.45, 7) is 4.34. The predicted molar refractivity (Wildman–Crippen MR) is 240 cm³/mol. The van der Waals surface area contributed by atoms with Gasteiger partial charge < -0.3 is 28.6 Å². The molecule has 0 aliphatic rings. The molecule has 2 unspecified atom stereocenters. The summed E-state index contributed by atoms with van der Waals surface area (Å²) in [5.41, 5.74) is 0. The molecule has 0 aromatic rings. The SMILES string of the molecule is CC/C=C/C=C/C=C/C=C/C=C/C=C/CCCCCC(=O)OCC(COCCC(C(=O)[O-])[N+](C)(C)C)OC(=O)CCC/C=C/C/C=C/C/C=C/C/C=C/CCCCC. The van der Waals surface area contributed by atoms with Crippen molar-refractivity contribution in [2.45, 2.75) is 135 Å². The van der Waals surface area contributed by atoms with Gasteiger partial charge in [0.05, 0.1) is 40.3 Å². The van der Waals surface area contributed by atoms with Crippen LogP contribution in [0.15, 0.2) is 122 Å². The topological polar surface area (TPSA) is 102 Å². The molecule has 0 rings (SSSR count). The zero-order valence-corrected chi connectivity index (χ0v) is 36.6. The van der Waals surface area contributed by atoms with Crippen LogP contribution >= 0.6 is 0 Å². The van der Waals surface area contributed by atoms with Gasteiger partial charge in [0.15, 0.2) is 6.10 Å². The molecule has 8 heteroatoms. The Hall–Kier alpha value is -4.27. The van der Waals surface area contributed by atoms with Gasteiger partial charge in [0.25, 0.3) is 0 Å². The van der Waals surface area contributed by atoms with Crippen molar-refractivity contribution in [2.75, 3.05) is 41.0 Å². The molecular formula is C50H77NO7. The molecule has 0 N–H and O–H groups in total. The molecule has 8 nitrogen and oxygen atoms in total. The van der Waals surface area contributed by atoms with Gasteiger partial charge in [-0.2, -0.15) is 0 Å². The van der Waals surface area contributed by atoms with E-state index in [4.69, 9.17) is 14.2 Å². The molecule has 0 aromatic heterocycles. The van der Waals surface area contributed by atoms with E-state index < -0.39 is 24.1 Å². The number of hydrogen-bond acceptors (Lipinski definition) is 7. The van der Waals surface area contributed by atoms with E-state index in [0.717, 1.165) is 51.4 Å². The molecule has 0 radical (unpaired) electrons. The standard InChI is InChI=1S/C50H77NO7/c1-6-8-10-12-14-16-18-20-22-24-26-28-30-32-34-36-38-40-48(52)57-45-46(44-56-43-42-47(50(54)55)51(3,4)5)58-49(53)41-39-37-35-33-31-29-27-25-23-21-19-17-15-13-11-9-7-2/h8,10,12,14-18,20-24,26-30,33,35,46-47H,6-7,9,11,13,19,25,31-32,34,36-45H2,1-5H3/b10-8+,14-12+,17-15+,18-16+,22-20+,23-21+,26-24+,29-27+,30-28+,35-33+. The number of rotatable bonds is 36. The quantitative estimate of drug-likeness (QED) is 0.0204. The van der Waals surface area contributed by atoms with E-state index in [1.807, 2.05) is 60.8 Å². The summed E-state index contributed by atoms with van der Waals surface area (Å²) in [6.07, 6.45) is 55.1. The van der Waals surface area contributed by atoms with Gasteiger partial charge in [0.1, 0.15) is 12.6 Å². The summed E-state index contributed by atoms with van der Waals surface area (Å²) in [5.74, 6) is -1.89. The van der Waals surface area contributed by atoms with Crippen LogP contribution < -0.4 is 5.11 Å². The van der Waals surface area contributed by atoms with Crippen LogP contribution in [0.3, 0.4) is 0 Å². The molecule has 58 heavy (non-hydrogen) atoms. The highest BCUT2D eigenvalue weighted by molar-refractivity contribution is 5.70. The number of aliphatic carboxylic acids is 1. The highest BCUT2D eigenvalue weighted by atomic mass is 16.6. The van der Waals surface area contributed by atoms with Gasteiger partial charge in [-0.05, 0) is 70.6 Å². The molecule has 0 bridgehead atoms. The van der Waals surface area contributed by atoms with Crippen LogP contribution in [0.1, 0.15) is 123 Å². The maximum atomic E-state index is 12.7. The van der Waals surface area contributed by atoms with E-state index in [1.54, 1.807) is 21.1 Å². The Bertz CT molecular complexity index is 1350. The first kappa shape index (κ1) is 53.7. The lowest BCUT2D eigenvalue weighted by Gasteiger charge is -2.34. The smallest absolute Gasteiger partial charge is 0.306 e. The van der Waals surface area contributed by atoms with Gasteiger partial charge in [-0.3, -0.25) is 9.59 Å². The third-order valence-corrected chi connectivity index (χ3v) is 8.74. The number of ether oxygens (including phenoxy) is 3. The van der Waals surface area contributed by atoms with Crippen molar-refractivity contribution < 1.29 is 38.2 Å². The zero-order valence-electron chi connectivity index (χ0n) is 36.6. The minimum absolute atomic E-state index is 0.00530. The van der Waals surface area contributed by atoms with Crippen LogP contribution in [0.2, 0.25) is 0 Å². The first-order valence-corrected chi connectivity index (χ1v) is 21.6. The van der Waals surface area contributed by atoms with E-state index in [2.05, 4.69) is 74.6 Å². The van der Waals surface area contributed by atoms with Crippen LogP contribution in [0.5, 0.6) is 0 Å². The van der Waals surface area contributed by atoms with Gasteiger partial charge in [-0.1, -0.05) is 155 Å². The molecule has 0 fully saturated rings. The molecule has 0 aliphatic heterocycles. The predicted octanol–water partition coefficient (Wildman–Crippen LogP) is 10.5. The zero-order chi connectivity index (χ0) is 42.8. The number of unbranched alkanes of at least 4 members (excludes halogenated alkanes) is 7. The van der Waals surface area contributed by atoms with Crippen LogP contribution in [0.4, 0.5) is 0 Å². The maximum Gasteiger partial charge on any atom is 0.306 e. The summed E-state index contributed by atoms with van der Waals surface area (Å²) >= 11 is 0. The lowest BCUT2D eigenvalue weighted by Crippen LogP contribution is -2.55. The van der Waals surface area contributed by atoms with E-state index >= 15 is 0 Å². The monoisotopic (exact) mass is 804 g/mol. The average molecular weight is 804 g/mol. The first-order valence-electron chi connectivity index (χ1n) is 21.6. The second-order valence-corrected chi connectivity index (χ2v) is 15.0. The Kier molecular flexibility index (Phi) is 36.6. The molecule has 0 saturated carbocycles. The Morgan fingerprint density at radius 1 is 0.552 bits per heavy atom. The van der Waals surface area contributed by atoms with Crippen molar-refractivity contribution in [3.8, 4) is 0 Å². The Labute approximate surface area is 352 Å². The third-order valence-electron chi connectivity index (χ3n) is 8.74. The fraction of sp³-hybridized carbons (Fsp3) is 0.540. The van der Waals surface area contributed by atoms with Crippen molar-refractivity contribution in [1.29, 1.82) is 0 Å². The second kappa shape index (κ2) is 39.6. The lowest BCUT2D eigenvalue weighted by molar-refractivity contribution is -0.889. The van der Waals surface area contributed by atoms with Gasteiger partial charge in [0, 0.05) is 19.3 Å². The molecular weight excluding hydrogens is 727 g/mol. The molecule has 324 valence electrons. The number of allylic oxidation sites excluding steroid dienone is 20. The second-order valence-electron chi connectivity index (χ2n) is 15.0. The summed E-state index contributed by atoms with van der Waals surface area (Å²) in [4.78, 5) is 36.8. The van der Waals surface area contributed by atoms with Crippen molar-refractivity contribution in [1.82, 2.24) is 0 Å². The summed E-state index contributed by atoms with van der Waals surface area (Å²) in [7, 11) is 5.35. The number of hydrogen-bond donors (Lipinski definition) is 0. The van der Waals surface area contributed by atoms with Crippen molar-refractivity contribution in [3.05, 3.63) is 122 Å². The van der Waals surface area contributed by atoms with Crippen molar-refractivity contribution >= 4 is 17.9 Å². The first-order chi connectivity index (χ1) is 28.1. The van der Waals surface area contributed by atoms with Crippen LogP contribution in [0, 0.1) is 0 Å². The fourth-order valence-electron chi connectivity index (χ4n) is 5.39. The summed E-state index contributed by atoms with van der Waals surface area (Å²) in [5, 5.41) is 11.6. The van der Waals surface area contributed by atoms with Gasteiger partial charge in [-0.25, -0.2) is 0 Å². The molecule has 0 saturated heterocycles. The highest BCUT2D eigenvalue weighted by Gasteiger charge is 2.25. The summed E-state index contributed by atoms with van der Waals surface area (Å²) in [6, 6.07) is -0.751. The number of carbonyl (C=O) groups excluding carboxylic acids is 3. The lowest BCUT2D eigenvalue weighted by atomic mass is 10.1. The molecule has 2 atom stereocenters. The molecule has 0 amide bonds. The Balaban J connectivity index is 4.59. The van der Waals surface area contributed by atoms with Crippen LogP contribution in [-0.2, 0) is 28.6 Å². The van der Waals surface area contributed by atoms with E-state index in [0.29, 0.717) is 12.8 Å². The van der Waals surface area contributed by atoms with E-state index in [9.17, 15) is 19.5 Å². The van der Waals surface area contributed by atoms with Crippen LogP contribution in [-0.4, -0.2) is 75.5 Å². The third kappa shape index (κ3) is 37.3. The molecule has 0 heterocycles. The normalized spacial score (nSPS) is 14.2. The van der Waals surface area contributed by atoms with Crippen molar-refractivity contribution in [3.63, 3.8) is 0 Å². The van der Waals surface area contributed by atoms with Gasteiger partial charge >= 0.3 is 11.9 Å². The number of quaternary nitrogens is 1.